The van der Waals surface area contributed by atoms with Crippen LogP contribution in [0, 0.1) is 5.92 Å². The molecule has 0 aliphatic carbocycles. The highest BCUT2D eigenvalue weighted by Gasteiger charge is 2.18. The quantitative estimate of drug-likeness (QED) is 0.776. The summed E-state index contributed by atoms with van der Waals surface area (Å²) in [5.41, 5.74) is 8.74. The highest BCUT2D eigenvalue weighted by molar-refractivity contribution is 6.06. The molecule has 2 heterocycles. The number of fused-ring (bicyclic) bond motifs is 3. The third kappa shape index (κ3) is 2.52. The molecule has 2 aromatic heterocycles. The normalized spacial score (nSPS) is 13.3. The molecule has 0 spiro atoms. The van der Waals surface area contributed by atoms with Gasteiger partial charge in [-0.05, 0) is 18.9 Å². The molecule has 1 aromatic carbocycles. The van der Waals surface area contributed by atoms with Crippen LogP contribution in [-0.4, -0.2) is 25.7 Å². The molecule has 0 aliphatic rings. The number of aromatic nitrogens is 3. The minimum absolute atomic E-state index is 0.442. The number of imidazole rings is 1. The molecule has 5 heteroatoms. The van der Waals surface area contributed by atoms with Gasteiger partial charge in [-0.1, -0.05) is 32.0 Å². The van der Waals surface area contributed by atoms with Crippen molar-refractivity contribution >= 4 is 27.8 Å². The number of nitrogen functional groups attached to an aromatic ring is 1. The number of nitrogens with two attached hydrogens (primary N) is 1. The largest absolute Gasteiger partial charge is 0.393 e. The van der Waals surface area contributed by atoms with Crippen molar-refractivity contribution in [3.05, 3.63) is 30.1 Å². The number of aliphatic hydroxyl groups is 1. The third-order valence-corrected chi connectivity index (χ3v) is 3.72. The number of hydrogen-bond acceptors (Lipinski definition) is 4. The van der Waals surface area contributed by atoms with E-state index in [-0.39, 0.29) is 0 Å². The number of para-hydroxylation sites is 1. The molecule has 0 saturated heterocycles. The fourth-order valence-electron chi connectivity index (χ4n) is 2.89. The summed E-state index contributed by atoms with van der Waals surface area (Å²) >= 11 is 0. The number of rotatable bonds is 4. The second-order valence-electron chi connectivity index (χ2n) is 6.30. The van der Waals surface area contributed by atoms with E-state index in [0.29, 0.717) is 18.2 Å². The van der Waals surface area contributed by atoms with Crippen molar-refractivity contribution in [3.8, 4) is 0 Å². The van der Waals surface area contributed by atoms with Crippen LogP contribution in [-0.2, 0) is 13.0 Å². The van der Waals surface area contributed by atoms with Crippen LogP contribution in [0.25, 0.3) is 21.9 Å². The molecular weight excluding hydrogens is 276 g/mol. The molecule has 0 aliphatic heterocycles. The molecule has 116 valence electrons. The molecule has 5 nitrogen and oxygen atoms in total. The molecule has 0 amide bonds. The fourth-order valence-corrected chi connectivity index (χ4v) is 2.89. The SMILES string of the molecule is CC(C)Cn1c(CC(C)O)nc2c(N)nc3ccccc3c21. The van der Waals surface area contributed by atoms with Gasteiger partial charge in [0, 0.05) is 18.4 Å². The van der Waals surface area contributed by atoms with Gasteiger partial charge < -0.3 is 15.4 Å². The topological polar surface area (TPSA) is 77.0 Å². The Kier molecular flexibility index (Phi) is 3.74. The predicted octanol–water partition coefficient (Wildman–Crippen LogP) is 2.75. The smallest absolute Gasteiger partial charge is 0.152 e. The van der Waals surface area contributed by atoms with Crippen LogP contribution in [0.15, 0.2) is 24.3 Å². The van der Waals surface area contributed by atoms with Crippen LogP contribution in [0.1, 0.15) is 26.6 Å². The van der Waals surface area contributed by atoms with E-state index in [1.54, 1.807) is 6.92 Å². The van der Waals surface area contributed by atoms with Gasteiger partial charge in [-0.2, -0.15) is 0 Å². The lowest BCUT2D eigenvalue weighted by atomic mass is 10.1. The van der Waals surface area contributed by atoms with Gasteiger partial charge in [-0.15, -0.1) is 0 Å². The maximum Gasteiger partial charge on any atom is 0.152 e. The summed E-state index contributed by atoms with van der Waals surface area (Å²) in [5.74, 6) is 1.78. The maximum atomic E-state index is 9.77. The summed E-state index contributed by atoms with van der Waals surface area (Å²) in [6.45, 7) is 6.96. The zero-order valence-corrected chi connectivity index (χ0v) is 13.2. The summed E-state index contributed by atoms with van der Waals surface area (Å²) < 4.78 is 2.19. The molecule has 0 radical (unpaired) electrons. The Morgan fingerprint density at radius 3 is 2.59 bits per heavy atom. The van der Waals surface area contributed by atoms with Gasteiger partial charge in [0.25, 0.3) is 0 Å². The van der Waals surface area contributed by atoms with Gasteiger partial charge >= 0.3 is 0 Å². The van der Waals surface area contributed by atoms with E-state index in [1.807, 2.05) is 18.2 Å². The number of hydrogen-bond donors (Lipinski definition) is 2. The molecule has 3 N–H and O–H groups in total. The molecule has 0 bridgehead atoms. The second kappa shape index (κ2) is 5.57. The van der Waals surface area contributed by atoms with E-state index >= 15 is 0 Å². The van der Waals surface area contributed by atoms with Crippen molar-refractivity contribution in [2.45, 2.75) is 39.8 Å². The summed E-state index contributed by atoms with van der Waals surface area (Å²) in [6, 6.07) is 7.97. The summed E-state index contributed by atoms with van der Waals surface area (Å²) in [4.78, 5) is 9.13. The van der Waals surface area contributed by atoms with E-state index in [2.05, 4.69) is 34.4 Å². The first-order valence-electron chi connectivity index (χ1n) is 7.68. The standard InChI is InChI=1S/C17H22N4O/c1-10(2)9-21-14(8-11(3)22)20-15-16(21)12-6-4-5-7-13(12)19-17(15)18/h4-7,10-11,22H,8-9H2,1-3H3,(H2,18,19). The van der Waals surface area contributed by atoms with Gasteiger partial charge in [-0.3, -0.25) is 0 Å². The van der Waals surface area contributed by atoms with Crippen molar-refractivity contribution in [3.63, 3.8) is 0 Å². The number of benzene rings is 1. The Balaban J connectivity index is 2.37. The van der Waals surface area contributed by atoms with Gasteiger partial charge in [0.2, 0.25) is 0 Å². The Bertz CT molecular complexity index is 820. The first-order chi connectivity index (χ1) is 10.5. The molecule has 1 unspecified atom stereocenters. The number of aliphatic hydroxyl groups excluding tert-OH is 1. The second-order valence-corrected chi connectivity index (χ2v) is 6.30. The Morgan fingerprint density at radius 2 is 1.91 bits per heavy atom. The maximum absolute atomic E-state index is 9.77. The van der Waals surface area contributed by atoms with Crippen molar-refractivity contribution in [1.29, 1.82) is 0 Å². The van der Waals surface area contributed by atoms with Gasteiger partial charge in [0.15, 0.2) is 5.82 Å². The van der Waals surface area contributed by atoms with Crippen molar-refractivity contribution < 1.29 is 5.11 Å². The van der Waals surface area contributed by atoms with Crippen molar-refractivity contribution in [1.82, 2.24) is 14.5 Å². The number of pyridine rings is 1. The zero-order chi connectivity index (χ0) is 15.9. The summed E-state index contributed by atoms with van der Waals surface area (Å²) in [5, 5.41) is 10.8. The van der Waals surface area contributed by atoms with Gasteiger partial charge in [0.05, 0.1) is 17.1 Å². The Hall–Kier alpha value is -2.14. The van der Waals surface area contributed by atoms with E-state index in [1.165, 1.54) is 0 Å². The highest BCUT2D eigenvalue weighted by atomic mass is 16.3. The predicted molar refractivity (Wildman–Crippen MR) is 89.7 cm³/mol. The molecular formula is C17H22N4O. The molecule has 3 aromatic rings. The molecule has 1 atom stereocenters. The summed E-state index contributed by atoms with van der Waals surface area (Å²) in [6.07, 6.45) is 0.0676. The van der Waals surface area contributed by atoms with E-state index in [9.17, 15) is 5.11 Å². The first kappa shape index (κ1) is 14.8. The van der Waals surface area contributed by atoms with Gasteiger partial charge in [-0.25, -0.2) is 9.97 Å². The molecule has 0 fully saturated rings. The molecule has 22 heavy (non-hydrogen) atoms. The fraction of sp³-hybridized carbons (Fsp3) is 0.412. The van der Waals surface area contributed by atoms with Crippen LogP contribution >= 0.6 is 0 Å². The van der Waals surface area contributed by atoms with Crippen LogP contribution in [0.2, 0.25) is 0 Å². The average Bonchev–Trinajstić information content (AvgIpc) is 2.77. The lowest BCUT2D eigenvalue weighted by Crippen LogP contribution is -2.14. The van der Waals surface area contributed by atoms with Crippen molar-refractivity contribution in [2.24, 2.45) is 5.92 Å². The third-order valence-electron chi connectivity index (χ3n) is 3.72. The lowest BCUT2D eigenvalue weighted by Gasteiger charge is -2.13. The van der Waals surface area contributed by atoms with Crippen LogP contribution in [0.5, 0.6) is 0 Å². The van der Waals surface area contributed by atoms with Crippen LogP contribution < -0.4 is 5.73 Å². The lowest BCUT2D eigenvalue weighted by molar-refractivity contribution is 0.191. The highest BCUT2D eigenvalue weighted by Crippen LogP contribution is 2.29. The average molecular weight is 298 g/mol. The number of nitrogens with zero attached hydrogens (tertiary/aromatic N) is 3. The van der Waals surface area contributed by atoms with Crippen molar-refractivity contribution in [2.75, 3.05) is 5.73 Å². The van der Waals surface area contributed by atoms with Crippen LogP contribution in [0.3, 0.4) is 0 Å². The minimum atomic E-state index is -0.442. The minimum Gasteiger partial charge on any atom is -0.393 e. The summed E-state index contributed by atoms with van der Waals surface area (Å²) in [7, 11) is 0. The van der Waals surface area contributed by atoms with Gasteiger partial charge in [0.1, 0.15) is 11.3 Å². The monoisotopic (exact) mass is 298 g/mol. The molecule has 3 rings (SSSR count). The first-order valence-corrected chi connectivity index (χ1v) is 7.68. The zero-order valence-electron chi connectivity index (χ0n) is 13.2. The van der Waals surface area contributed by atoms with E-state index < -0.39 is 6.10 Å². The Labute approximate surface area is 129 Å². The number of anilines is 1. The van der Waals surface area contributed by atoms with E-state index in [4.69, 9.17) is 5.73 Å². The Morgan fingerprint density at radius 1 is 1.18 bits per heavy atom. The van der Waals surface area contributed by atoms with E-state index in [0.717, 1.165) is 34.3 Å². The molecule has 0 saturated carbocycles. The van der Waals surface area contributed by atoms with Crippen LogP contribution in [0.4, 0.5) is 5.82 Å².